The molecular formula is C14H19F3N2. The number of benzene rings is 1. The fraction of sp³-hybridized carbons (Fsp3) is 0.571. The van der Waals surface area contributed by atoms with Gasteiger partial charge < -0.3 is 10.6 Å². The molecule has 0 amide bonds. The molecule has 0 spiro atoms. The zero-order valence-electron chi connectivity index (χ0n) is 11.2. The van der Waals surface area contributed by atoms with E-state index in [4.69, 9.17) is 5.73 Å². The molecule has 19 heavy (non-hydrogen) atoms. The third-order valence-corrected chi connectivity index (χ3v) is 3.81. The van der Waals surface area contributed by atoms with Crippen LogP contribution in [0, 0.1) is 5.92 Å². The van der Waals surface area contributed by atoms with Crippen LogP contribution in [0.4, 0.5) is 24.5 Å². The molecule has 2 rings (SSSR count). The Morgan fingerprint density at radius 2 is 1.95 bits per heavy atom. The molecule has 0 aliphatic carbocycles. The normalized spacial score (nSPS) is 24.6. The molecule has 2 unspecified atom stereocenters. The largest absolute Gasteiger partial charge is 0.418 e. The number of nitrogens with zero attached hydrogens (tertiary/aromatic N) is 1. The minimum atomic E-state index is -4.40. The van der Waals surface area contributed by atoms with Gasteiger partial charge in [0.15, 0.2) is 0 Å². The molecule has 1 saturated heterocycles. The van der Waals surface area contributed by atoms with Crippen LogP contribution in [0.25, 0.3) is 0 Å². The van der Waals surface area contributed by atoms with Crippen molar-refractivity contribution in [2.24, 2.45) is 5.92 Å². The van der Waals surface area contributed by atoms with Gasteiger partial charge in [-0.1, -0.05) is 6.92 Å². The standard InChI is InChI=1S/C14H19F3N2/c1-9-5-6-19(10(2)7-9)11-3-4-13(18)12(8-11)14(15,16)17/h3-4,8-10H,5-7,18H2,1-2H3. The molecule has 106 valence electrons. The summed E-state index contributed by atoms with van der Waals surface area (Å²) in [6.45, 7) is 5.03. The number of nitrogens with two attached hydrogens (primary N) is 1. The van der Waals surface area contributed by atoms with Crippen molar-refractivity contribution in [1.29, 1.82) is 0 Å². The minimum Gasteiger partial charge on any atom is -0.398 e. The first-order valence-electron chi connectivity index (χ1n) is 6.52. The van der Waals surface area contributed by atoms with Crippen LogP contribution < -0.4 is 10.6 Å². The molecular weight excluding hydrogens is 253 g/mol. The Kier molecular flexibility index (Phi) is 3.65. The van der Waals surface area contributed by atoms with Gasteiger partial charge >= 0.3 is 6.18 Å². The van der Waals surface area contributed by atoms with E-state index in [1.165, 1.54) is 12.1 Å². The minimum absolute atomic E-state index is 0.214. The smallest absolute Gasteiger partial charge is 0.398 e. The summed E-state index contributed by atoms with van der Waals surface area (Å²) in [5.74, 6) is 0.627. The highest BCUT2D eigenvalue weighted by atomic mass is 19.4. The maximum absolute atomic E-state index is 12.9. The first-order valence-corrected chi connectivity index (χ1v) is 6.52. The molecule has 2 nitrogen and oxygen atoms in total. The summed E-state index contributed by atoms with van der Waals surface area (Å²) in [4.78, 5) is 2.04. The van der Waals surface area contributed by atoms with Gasteiger partial charge in [-0.3, -0.25) is 0 Å². The summed E-state index contributed by atoms with van der Waals surface area (Å²) in [6.07, 6.45) is -2.38. The number of nitrogen functional groups attached to an aromatic ring is 1. The number of piperidine rings is 1. The zero-order chi connectivity index (χ0) is 14.2. The second kappa shape index (κ2) is 4.94. The van der Waals surface area contributed by atoms with E-state index < -0.39 is 11.7 Å². The molecule has 0 bridgehead atoms. The summed E-state index contributed by atoms with van der Waals surface area (Å²) in [5.41, 5.74) is 5.08. The first-order chi connectivity index (χ1) is 8.79. The molecule has 0 aromatic heterocycles. The predicted octanol–water partition coefficient (Wildman–Crippen LogP) is 3.91. The maximum Gasteiger partial charge on any atom is 0.418 e. The van der Waals surface area contributed by atoms with Crippen molar-refractivity contribution in [2.45, 2.75) is 38.9 Å². The van der Waals surface area contributed by atoms with E-state index >= 15 is 0 Å². The van der Waals surface area contributed by atoms with Crippen LogP contribution in [-0.4, -0.2) is 12.6 Å². The van der Waals surface area contributed by atoms with Crippen molar-refractivity contribution in [3.63, 3.8) is 0 Å². The fourth-order valence-corrected chi connectivity index (χ4v) is 2.76. The average molecular weight is 272 g/mol. The van der Waals surface area contributed by atoms with Crippen LogP contribution in [0.1, 0.15) is 32.3 Å². The summed E-state index contributed by atoms with van der Waals surface area (Å²) in [7, 11) is 0. The third kappa shape index (κ3) is 2.96. The van der Waals surface area contributed by atoms with E-state index in [0.717, 1.165) is 19.4 Å². The molecule has 1 aromatic carbocycles. The van der Waals surface area contributed by atoms with Crippen molar-refractivity contribution in [1.82, 2.24) is 0 Å². The Bertz CT molecular complexity index is 456. The molecule has 1 aromatic rings. The Morgan fingerprint density at radius 3 is 2.53 bits per heavy atom. The van der Waals surface area contributed by atoms with Gasteiger partial charge in [-0.25, -0.2) is 0 Å². The molecule has 1 fully saturated rings. The second-order valence-corrected chi connectivity index (χ2v) is 5.44. The second-order valence-electron chi connectivity index (χ2n) is 5.44. The summed E-state index contributed by atoms with van der Waals surface area (Å²) in [6, 6.07) is 4.45. The van der Waals surface area contributed by atoms with Gasteiger partial charge in [0.2, 0.25) is 0 Å². The molecule has 0 saturated carbocycles. The molecule has 2 N–H and O–H groups in total. The fourth-order valence-electron chi connectivity index (χ4n) is 2.76. The molecule has 0 radical (unpaired) electrons. The highest BCUT2D eigenvalue weighted by molar-refractivity contribution is 5.60. The van der Waals surface area contributed by atoms with Gasteiger partial charge in [0.1, 0.15) is 0 Å². The monoisotopic (exact) mass is 272 g/mol. The van der Waals surface area contributed by atoms with Crippen LogP contribution in [-0.2, 0) is 6.18 Å². The van der Waals surface area contributed by atoms with Gasteiger partial charge in [-0.05, 0) is 43.9 Å². The van der Waals surface area contributed by atoms with Crippen molar-refractivity contribution in [2.75, 3.05) is 17.2 Å². The van der Waals surface area contributed by atoms with E-state index in [1.54, 1.807) is 6.07 Å². The van der Waals surface area contributed by atoms with Crippen LogP contribution in [0.15, 0.2) is 18.2 Å². The van der Waals surface area contributed by atoms with Crippen molar-refractivity contribution < 1.29 is 13.2 Å². The summed E-state index contributed by atoms with van der Waals surface area (Å²) >= 11 is 0. The number of hydrogen-bond donors (Lipinski definition) is 1. The predicted molar refractivity (Wildman–Crippen MR) is 71.1 cm³/mol. The Labute approximate surface area is 111 Å². The Balaban J connectivity index is 2.31. The summed E-state index contributed by atoms with van der Waals surface area (Å²) in [5, 5.41) is 0. The van der Waals surface area contributed by atoms with E-state index in [1.807, 2.05) is 4.90 Å². The lowest BCUT2D eigenvalue weighted by Gasteiger charge is -2.38. The van der Waals surface area contributed by atoms with Crippen LogP contribution in [0.3, 0.4) is 0 Å². The third-order valence-electron chi connectivity index (χ3n) is 3.81. The van der Waals surface area contributed by atoms with Gasteiger partial charge in [0.05, 0.1) is 5.56 Å². The van der Waals surface area contributed by atoms with Gasteiger partial charge in [-0.15, -0.1) is 0 Å². The Morgan fingerprint density at radius 1 is 1.26 bits per heavy atom. The average Bonchev–Trinajstić information content (AvgIpc) is 2.29. The number of rotatable bonds is 1. The van der Waals surface area contributed by atoms with Gasteiger partial charge in [0, 0.05) is 24.0 Å². The van der Waals surface area contributed by atoms with Crippen LogP contribution in [0.5, 0.6) is 0 Å². The zero-order valence-corrected chi connectivity index (χ0v) is 11.2. The van der Waals surface area contributed by atoms with Crippen molar-refractivity contribution in [3.05, 3.63) is 23.8 Å². The van der Waals surface area contributed by atoms with E-state index in [9.17, 15) is 13.2 Å². The number of halogens is 3. The quantitative estimate of drug-likeness (QED) is 0.785. The summed E-state index contributed by atoms with van der Waals surface area (Å²) < 4.78 is 38.6. The lowest BCUT2D eigenvalue weighted by Crippen LogP contribution is -2.40. The molecule has 5 heteroatoms. The van der Waals surface area contributed by atoms with E-state index in [-0.39, 0.29) is 11.7 Å². The molecule has 1 aliphatic rings. The van der Waals surface area contributed by atoms with Crippen molar-refractivity contribution in [3.8, 4) is 0 Å². The van der Waals surface area contributed by atoms with Gasteiger partial charge in [0.25, 0.3) is 0 Å². The highest BCUT2D eigenvalue weighted by Crippen LogP contribution is 2.37. The SMILES string of the molecule is CC1CCN(c2ccc(N)c(C(F)(F)F)c2)C(C)C1. The number of anilines is 2. The molecule has 1 aliphatic heterocycles. The van der Waals surface area contributed by atoms with Crippen LogP contribution >= 0.6 is 0 Å². The van der Waals surface area contributed by atoms with Gasteiger partial charge in [-0.2, -0.15) is 13.2 Å². The topological polar surface area (TPSA) is 29.3 Å². The highest BCUT2D eigenvalue weighted by Gasteiger charge is 2.34. The molecule has 1 heterocycles. The van der Waals surface area contributed by atoms with Crippen LogP contribution in [0.2, 0.25) is 0 Å². The number of alkyl halides is 3. The molecule has 2 atom stereocenters. The lowest BCUT2D eigenvalue weighted by atomic mass is 9.92. The van der Waals surface area contributed by atoms with Crippen molar-refractivity contribution >= 4 is 11.4 Å². The maximum atomic E-state index is 12.9. The number of hydrogen-bond acceptors (Lipinski definition) is 2. The Hall–Kier alpha value is -1.39. The lowest BCUT2D eigenvalue weighted by molar-refractivity contribution is -0.136. The first kappa shape index (κ1) is 14.0. The van der Waals surface area contributed by atoms with E-state index in [2.05, 4.69) is 13.8 Å². The van der Waals surface area contributed by atoms with E-state index in [0.29, 0.717) is 11.6 Å².